The molecule has 0 radical (unpaired) electrons. The Bertz CT molecular complexity index is 1520. The molecular weight excluding hydrogens is 384 g/mol. The van der Waals surface area contributed by atoms with Gasteiger partial charge >= 0.3 is 0 Å². The molecule has 0 N–H and O–H groups in total. The van der Waals surface area contributed by atoms with Crippen LogP contribution in [0.2, 0.25) is 0 Å². The highest BCUT2D eigenvalue weighted by Gasteiger charge is 2.28. The number of fused-ring (bicyclic) bond motifs is 4. The van der Waals surface area contributed by atoms with E-state index in [0.717, 1.165) is 0 Å². The van der Waals surface area contributed by atoms with Gasteiger partial charge in [0.25, 0.3) is 0 Å². The molecule has 0 saturated heterocycles. The van der Waals surface area contributed by atoms with Crippen molar-refractivity contribution in [1.29, 1.82) is 0 Å². The fraction of sp³-hybridized carbons (Fsp3) is 0.125. The van der Waals surface area contributed by atoms with Crippen molar-refractivity contribution in [3.8, 4) is 11.1 Å². The van der Waals surface area contributed by atoms with Gasteiger partial charge in [-0.3, -0.25) is 0 Å². The van der Waals surface area contributed by atoms with Crippen LogP contribution in [0.25, 0.3) is 49.0 Å². The molecule has 0 nitrogen and oxygen atoms in total. The van der Waals surface area contributed by atoms with Gasteiger partial charge < -0.3 is 0 Å². The molecule has 2 unspecified atom stereocenters. The van der Waals surface area contributed by atoms with Gasteiger partial charge in [0, 0.05) is 5.92 Å². The smallest absolute Gasteiger partial charge is 0.00219 e. The molecule has 152 valence electrons. The first-order chi connectivity index (χ1) is 15.9. The van der Waals surface area contributed by atoms with Crippen molar-refractivity contribution in [2.45, 2.75) is 12.8 Å². The molecule has 2 bridgehead atoms. The standard InChI is InChI=1S/C32H24/c1-2-8-24-20-25(18-17-22(24)7-1)31-26-9-3-5-11-28(26)32(29-12-6-4-10-27(29)31)30-19-21-13-15-23(30)16-14-21/h1-13,15,17-21,23H,14,16H2. The van der Waals surface area contributed by atoms with Gasteiger partial charge in [-0.25, -0.2) is 0 Å². The summed E-state index contributed by atoms with van der Waals surface area (Å²) < 4.78 is 0. The lowest BCUT2D eigenvalue weighted by Crippen LogP contribution is -2.16. The second kappa shape index (κ2) is 6.93. The van der Waals surface area contributed by atoms with Crippen LogP contribution in [0.1, 0.15) is 18.4 Å². The molecule has 32 heavy (non-hydrogen) atoms. The Balaban J connectivity index is 1.60. The maximum absolute atomic E-state index is 2.54. The van der Waals surface area contributed by atoms with E-state index in [0.29, 0.717) is 11.8 Å². The summed E-state index contributed by atoms with van der Waals surface area (Å²) in [6.45, 7) is 0. The lowest BCUT2D eigenvalue weighted by Gasteiger charge is -2.32. The van der Waals surface area contributed by atoms with E-state index in [4.69, 9.17) is 0 Å². The SMILES string of the molecule is C1=CC2CCC1C=C2c1c2ccccc2c(-c2ccc3ccccc3c2)c2ccccc12. The third-order valence-corrected chi connectivity index (χ3v) is 7.45. The van der Waals surface area contributed by atoms with Crippen molar-refractivity contribution in [3.63, 3.8) is 0 Å². The summed E-state index contributed by atoms with van der Waals surface area (Å²) in [7, 11) is 0. The second-order valence-electron chi connectivity index (χ2n) is 9.26. The number of benzene rings is 5. The largest absolute Gasteiger partial charge is 0.0810 e. The molecule has 0 heteroatoms. The first-order valence-corrected chi connectivity index (χ1v) is 11.7. The summed E-state index contributed by atoms with van der Waals surface area (Å²) in [6.07, 6.45) is 9.95. The maximum Gasteiger partial charge on any atom is 0.00219 e. The maximum atomic E-state index is 2.54. The minimum absolute atomic E-state index is 0.540. The van der Waals surface area contributed by atoms with Gasteiger partial charge in [-0.2, -0.15) is 0 Å². The van der Waals surface area contributed by atoms with Crippen LogP contribution in [-0.4, -0.2) is 0 Å². The lowest BCUT2D eigenvalue weighted by atomic mass is 9.72. The lowest BCUT2D eigenvalue weighted by molar-refractivity contribution is 0.544. The second-order valence-corrected chi connectivity index (χ2v) is 9.26. The van der Waals surface area contributed by atoms with Crippen LogP contribution in [0.4, 0.5) is 0 Å². The summed E-state index contributed by atoms with van der Waals surface area (Å²) in [4.78, 5) is 0. The van der Waals surface area contributed by atoms with E-state index >= 15 is 0 Å². The average Bonchev–Trinajstić information content (AvgIpc) is 2.87. The van der Waals surface area contributed by atoms with E-state index < -0.39 is 0 Å². The predicted molar refractivity (Wildman–Crippen MR) is 138 cm³/mol. The van der Waals surface area contributed by atoms with Gasteiger partial charge in [0.2, 0.25) is 0 Å². The van der Waals surface area contributed by atoms with Crippen LogP contribution >= 0.6 is 0 Å². The van der Waals surface area contributed by atoms with Crippen LogP contribution in [0.3, 0.4) is 0 Å². The molecule has 0 saturated carbocycles. The molecule has 0 spiro atoms. The molecule has 0 aliphatic heterocycles. The first-order valence-electron chi connectivity index (χ1n) is 11.7. The number of hydrogen-bond acceptors (Lipinski definition) is 0. The minimum Gasteiger partial charge on any atom is -0.0810 e. The molecular formula is C32H24. The summed E-state index contributed by atoms with van der Waals surface area (Å²) in [5, 5.41) is 8.03. The Morgan fingerprint density at radius 3 is 1.75 bits per heavy atom. The van der Waals surface area contributed by atoms with Gasteiger partial charge in [0.15, 0.2) is 0 Å². The van der Waals surface area contributed by atoms with E-state index in [1.54, 1.807) is 0 Å². The molecule has 3 aliphatic rings. The molecule has 8 rings (SSSR count). The summed E-state index contributed by atoms with van der Waals surface area (Å²) >= 11 is 0. The Hall–Kier alpha value is -3.64. The van der Waals surface area contributed by atoms with E-state index in [1.807, 2.05) is 0 Å². The molecule has 2 atom stereocenters. The van der Waals surface area contributed by atoms with Crippen molar-refractivity contribution in [3.05, 3.63) is 115 Å². The molecule has 0 amide bonds. The normalized spacial score (nSPS) is 19.7. The number of rotatable bonds is 2. The molecule has 0 aromatic heterocycles. The summed E-state index contributed by atoms with van der Waals surface area (Å²) in [6, 6.07) is 33.6. The van der Waals surface area contributed by atoms with E-state index in [2.05, 4.69) is 109 Å². The van der Waals surface area contributed by atoms with E-state index in [-0.39, 0.29) is 0 Å². The third kappa shape index (κ3) is 2.63. The Morgan fingerprint density at radius 1 is 0.531 bits per heavy atom. The average molecular weight is 409 g/mol. The van der Waals surface area contributed by atoms with Crippen LogP contribution in [0.5, 0.6) is 0 Å². The molecule has 0 fully saturated rings. The first kappa shape index (κ1) is 18.0. The zero-order valence-corrected chi connectivity index (χ0v) is 18.0. The van der Waals surface area contributed by atoms with Crippen molar-refractivity contribution < 1.29 is 0 Å². The quantitative estimate of drug-likeness (QED) is 0.202. The van der Waals surface area contributed by atoms with Gasteiger partial charge in [-0.15, -0.1) is 0 Å². The van der Waals surface area contributed by atoms with Crippen molar-refractivity contribution in [2.75, 3.05) is 0 Å². The van der Waals surface area contributed by atoms with Crippen LogP contribution in [0, 0.1) is 11.8 Å². The fourth-order valence-corrected chi connectivity index (χ4v) is 5.96. The minimum atomic E-state index is 0.540. The Kier molecular flexibility index (Phi) is 3.90. The molecule has 5 aromatic rings. The molecule has 0 heterocycles. The number of allylic oxidation sites excluding steroid dienone is 4. The third-order valence-electron chi connectivity index (χ3n) is 7.45. The van der Waals surface area contributed by atoms with Gasteiger partial charge in [0.1, 0.15) is 0 Å². The van der Waals surface area contributed by atoms with Gasteiger partial charge in [-0.1, -0.05) is 103 Å². The summed E-state index contributed by atoms with van der Waals surface area (Å²) in [5.74, 6) is 1.13. The van der Waals surface area contributed by atoms with Gasteiger partial charge in [-0.05, 0) is 79.4 Å². The van der Waals surface area contributed by atoms with Gasteiger partial charge in [0.05, 0.1) is 0 Å². The van der Waals surface area contributed by atoms with E-state index in [1.165, 1.54) is 67.4 Å². The predicted octanol–water partition coefficient (Wildman–Crippen LogP) is 8.79. The monoisotopic (exact) mass is 408 g/mol. The topological polar surface area (TPSA) is 0 Å². The van der Waals surface area contributed by atoms with Crippen LogP contribution in [-0.2, 0) is 0 Å². The fourth-order valence-electron chi connectivity index (χ4n) is 5.96. The van der Waals surface area contributed by atoms with Crippen molar-refractivity contribution >= 4 is 37.9 Å². The van der Waals surface area contributed by atoms with Crippen LogP contribution < -0.4 is 0 Å². The molecule has 3 aliphatic carbocycles. The zero-order valence-electron chi connectivity index (χ0n) is 18.0. The summed E-state index contributed by atoms with van der Waals surface area (Å²) in [5.41, 5.74) is 5.62. The van der Waals surface area contributed by atoms with Crippen molar-refractivity contribution in [2.24, 2.45) is 11.8 Å². The van der Waals surface area contributed by atoms with Crippen LogP contribution in [0.15, 0.2) is 109 Å². The Morgan fingerprint density at radius 2 is 1.16 bits per heavy atom. The zero-order chi connectivity index (χ0) is 21.1. The van der Waals surface area contributed by atoms with Crippen molar-refractivity contribution in [1.82, 2.24) is 0 Å². The number of hydrogen-bond donors (Lipinski definition) is 0. The molecule has 5 aromatic carbocycles. The highest BCUT2D eigenvalue weighted by molar-refractivity contribution is 6.19. The highest BCUT2D eigenvalue weighted by atomic mass is 14.3. The van der Waals surface area contributed by atoms with E-state index in [9.17, 15) is 0 Å². The Labute approximate surface area is 188 Å². The highest BCUT2D eigenvalue weighted by Crippen LogP contribution is 2.48.